The Labute approximate surface area is 170 Å². The number of rotatable bonds is 6. The predicted octanol–water partition coefficient (Wildman–Crippen LogP) is 3.16. The van der Waals surface area contributed by atoms with E-state index >= 15 is 0 Å². The number of nitrogen functional groups attached to an aromatic ring is 1. The highest BCUT2D eigenvalue weighted by Crippen LogP contribution is 2.30. The number of nitrogens with zero attached hydrogens (tertiary/aromatic N) is 3. The summed E-state index contributed by atoms with van der Waals surface area (Å²) in [6.45, 7) is 1.36. The number of hydrogen-bond donors (Lipinski definition) is 2. The lowest BCUT2D eigenvalue weighted by atomic mass is 9.99. The van der Waals surface area contributed by atoms with Gasteiger partial charge in [-0.15, -0.1) is 0 Å². The molecule has 146 valence electrons. The van der Waals surface area contributed by atoms with Crippen LogP contribution in [0, 0.1) is 11.3 Å². The van der Waals surface area contributed by atoms with E-state index in [1.807, 2.05) is 55.4 Å². The fourth-order valence-corrected chi connectivity index (χ4v) is 2.96. The summed E-state index contributed by atoms with van der Waals surface area (Å²) in [5, 5.41) is 12.1. The zero-order valence-electron chi connectivity index (χ0n) is 16.5. The van der Waals surface area contributed by atoms with E-state index in [2.05, 4.69) is 16.4 Å². The second-order valence-corrected chi connectivity index (χ2v) is 6.99. The second-order valence-electron chi connectivity index (χ2n) is 6.99. The summed E-state index contributed by atoms with van der Waals surface area (Å²) in [7, 11) is 3.93. The summed E-state index contributed by atoms with van der Waals surface area (Å²) in [5.74, 6) is 0.278. The molecule has 0 saturated heterocycles. The van der Waals surface area contributed by atoms with Gasteiger partial charge in [-0.25, -0.2) is 4.98 Å². The van der Waals surface area contributed by atoms with Gasteiger partial charge in [-0.3, -0.25) is 4.79 Å². The van der Waals surface area contributed by atoms with Crippen molar-refractivity contribution in [3.05, 3.63) is 71.9 Å². The smallest absolute Gasteiger partial charge is 0.251 e. The monoisotopic (exact) mass is 385 g/mol. The van der Waals surface area contributed by atoms with Crippen molar-refractivity contribution in [2.75, 3.05) is 32.9 Å². The molecule has 1 amide bonds. The molecule has 6 heteroatoms. The normalized spacial score (nSPS) is 10.6. The molecular formula is C23H23N5O. The zero-order valence-corrected chi connectivity index (χ0v) is 16.5. The third kappa shape index (κ3) is 4.98. The standard InChI is InChI=1S/C23H23N5O/c1-28(2)10-9-26-23(29)19-8-4-6-17(12-19)20-13-21(22(25)27-15-20)18-7-3-5-16(11-18)14-24/h3-8,11-13,15H,9-10H2,1-2H3,(H2,25,27)(H,26,29). The molecule has 0 aliphatic heterocycles. The van der Waals surface area contributed by atoms with Crippen LogP contribution in [-0.4, -0.2) is 43.0 Å². The van der Waals surface area contributed by atoms with Crippen molar-refractivity contribution in [1.29, 1.82) is 5.26 Å². The Morgan fingerprint density at radius 2 is 1.86 bits per heavy atom. The highest BCUT2D eigenvalue weighted by molar-refractivity contribution is 5.95. The van der Waals surface area contributed by atoms with Crippen LogP contribution in [0.5, 0.6) is 0 Å². The molecule has 3 aromatic rings. The fourth-order valence-electron chi connectivity index (χ4n) is 2.96. The van der Waals surface area contributed by atoms with Gasteiger partial charge in [0.2, 0.25) is 0 Å². The fraction of sp³-hybridized carbons (Fsp3) is 0.174. The number of carbonyl (C=O) groups excluding carboxylic acids is 1. The van der Waals surface area contributed by atoms with Crippen molar-refractivity contribution in [1.82, 2.24) is 15.2 Å². The van der Waals surface area contributed by atoms with Crippen LogP contribution in [0.25, 0.3) is 22.3 Å². The summed E-state index contributed by atoms with van der Waals surface area (Å²) >= 11 is 0. The number of carbonyl (C=O) groups is 1. The minimum atomic E-state index is -0.112. The number of nitriles is 1. The van der Waals surface area contributed by atoms with E-state index in [0.29, 0.717) is 23.5 Å². The maximum absolute atomic E-state index is 12.4. The van der Waals surface area contributed by atoms with Gasteiger partial charge in [0.25, 0.3) is 5.91 Å². The van der Waals surface area contributed by atoms with Crippen molar-refractivity contribution < 1.29 is 4.79 Å². The topological polar surface area (TPSA) is 95.0 Å². The van der Waals surface area contributed by atoms with Crippen LogP contribution in [-0.2, 0) is 0 Å². The van der Waals surface area contributed by atoms with Crippen LogP contribution in [0.3, 0.4) is 0 Å². The first-order valence-electron chi connectivity index (χ1n) is 9.27. The summed E-state index contributed by atoms with van der Waals surface area (Å²) in [6, 6.07) is 18.7. The predicted molar refractivity (Wildman–Crippen MR) is 115 cm³/mol. The molecule has 3 N–H and O–H groups in total. The lowest BCUT2D eigenvalue weighted by molar-refractivity contribution is 0.0951. The van der Waals surface area contributed by atoms with Crippen molar-refractivity contribution in [2.45, 2.75) is 0 Å². The molecule has 1 heterocycles. The number of benzene rings is 2. The van der Waals surface area contributed by atoms with Gasteiger partial charge in [-0.2, -0.15) is 5.26 Å². The van der Waals surface area contributed by atoms with E-state index in [4.69, 9.17) is 11.0 Å². The third-order valence-electron chi connectivity index (χ3n) is 4.52. The average Bonchev–Trinajstić information content (AvgIpc) is 2.74. The van der Waals surface area contributed by atoms with Gasteiger partial charge in [0.1, 0.15) is 5.82 Å². The lowest BCUT2D eigenvalue weighted by Gasteiger charge is -2.12. The molecule has 0 spiro atoms. The maximum Gasteiger partial charge on any atom is 0.251 e. The summed E-state index contributed by atoms with van der Waals surface area (Å²) in [6.07, 6.45) is 1.69. The number of anilines is 1. The largest absolute Gasteiger partial charge is 0.383 e. The highest BCUT2D eigenvalue weighted by atomic mass is 16.1. The number of amides is 1. The zero-order chi connectivity index (χ0) is 20.8. The number of pyridine rings is 1. The molecule has 3 rings (SSSR count). The Hall–Kier alpha value is -3.69. The Kier molecular flexibility index (Phi) is 6.22. The summed E-state index contributed by atoms with van der Waals surface area (Å²) < 4.78 is 0. The molecule has 1 aromatic heterocycles. The molecule has 0 bridgehead atoms. The van der Waals surface area contributed by atoms with Crippen molar-refractivity contribution in [3.63, 3.8) is 0 Å². The van der Waals surface area contributed by atoms with Gasteiger partial charge in [0.05, 0.1) is 11.6 Å². The van der Waals surface area contributed by atoms with Crippen LogP contribution in [0.1, 0.15) is 15.9 Å². The van der Waals surface area contributed by atoms with E-state index < -0.39 is 0 Å². The lowest BCUT2D eigenvalue weighted by Crippen LogP contribution is -2.31. The number of nitrogens with one attached hydrogen (secondary N) is 1. The first-order valence-corrected chi connectivity index (χ1v) is 9.27. The molecule has 2 aromatic carbocycles. The third-order valence-corrected chi connectivity index (χ3v) is 4.52. The Bertz CT molecular complexity index is 1070. The van der Waals surface area contributed by atoms with E-state index in [-0.39, 0.29) is 5.91 Å². The molecule has 29 heavy (non-hydrogen) atoms. The minimum absolute atomic E-state index is 0.112. The molecule has 0 fully saturated rings. The Balaban J connectivity index is 1.90. The Morgan fingerprint density at radius 3 is 2.62 bits per heavy atom. The summed E-state index contributed by atoms with van der Waals surface area (Å²) in [5.41, 5.74) is 10.5. The van der Waals surface area contributed by atoms with E-state index in [1.165, 1.54) is 0 Å². The molecular weight excluding hydrogens is 362 g/mol. The molecule has 6 nitrogen and oxygen atoms in total. The number of hydrogen-bond acceptors (Lipinski definition) is 5. The number of nitrogens with two attached hydrogens (primary N) is 1. The van der Waals surface area contributed by atoms with Gasteiger partial charge in [-0.05, 0) is 55.6 Å². The van der Waals surface area contributed by atoms with Crippen LogP contribution in [0.2, 0.25) is 0 Å². The first kappa shape index (κ1) is 20.1. The minimum Gasteiger partial charge on any atom is -0.383 e. The Morgan fingerprint density at radius 1 is 1.10 bits per heavy atom. The molecule has 0 atom stereocenters. The highest BCUT2D eigenvalue weighted by Gasteiger charge is 2.10. The summed E-state index contributed by atoms with van der Waals surface area (Å²) in [4.78, 5) is 18.8. The number of likely N-dealkylation sites (N-methyl/N-ethyl adjacent to an activating group) is 1. The van der Waals surface area contributed by atoms with Gasteiger partial charge >= 0.3 is 0 Å². The van der Waals surface area contributed by atoms with Gasteiger partial charge in [0, 0.05) is 36.0 Å². The van der Waals surface area contributed by atoms with E-state index in [1.54, 1.807) is 24.4 Å². The van der Waals surface area contributed by atoms with Gasteiger partial charge < -0.3 is 16.0 Å². The van der Waals surface area contributed by atoms with Crippen molar-refractivity contribution >= 4 is 11.7 Å². The molecule has 0 aliphatic rings. The van der Waals surface area contributed by atoms with E-state index in [0.717, 1.165) is 28.8 Å². The SMILES string of the molecule is CN(C)CCNC(=O)c1cccc(-c2cnc(N)c(-c3cccc(C#N)c3)c2)c1. The molecule has 0 aliphatic carbocycles. The quantitative estimate of drug-likeness (QED) is 0.680. The van der Waals surface area contributed by atoms with Crippen molar-refractivity contribution in [2.24, 2.45) is 0 Å². The molecule has 0 unspecified atom stereocenters. The van der Waals surface area contributed by atoms with Crippen LogP contribution < -0.4 is 11.1 Å². The molecule has 0 radical (unpaired) electrons. The van der Waals surface area contributed by atoms with E-state index in [9.17, 15) is 4.79 Å². The van der Waals surface area contributed by atoms with Crippen LogP contribution in [0.4, 0.5) is 5.82 Å². The number of aromatic nitrogens is 1. The first-order chi connectivity index (χ1) is 14.0. The van der Waals surface area contributed by atoms with Crippen molar-refractivity contribution in [3.8, 4) is 28.3 Å². The van der Waals surface area contributed by atoms with Gasteiger partial charge in [0.15, 0.2) is 0 Å². The second kappa shape index (κ2) is 9.00. The maximum atomic E-state index is 12.4. The average molecular weight is 385 g/mol. The molecule has 0 saturated carbocycles. The van der Waals surface area contributed by atoms with Crippen LogP contribution >= 0.6 is 0 Å². The van der Waals surface area contributed by atoms with Gasteiger partial charge in [-0.1, -0.05) is 24.3 Å². The van der Waals surface area contributed by atoms with Crippen LogP contribution in [0.15, 0.2) is 60.8 Å².